The molecule has 0 radical (unpaired) electrons. The zero-order chi connectivity index (χ0) is 11.7. The molecule has 0 heterocycles. The molecule has 0 amide bonds. The summed E-state index contributed by atoms with van der Waals surface area (Å²) in [7, 11) is 0. The van der Waals surface area contributed by atoms with E-state index >= 15 is 0 Å². The second kappa shape index (κ2) is 8.57. The molecular formula is C10H18N2O2S. The fourth-order valence-electron chi connectivity index (χ4n) is 0.951. The first kappa shape index (κ1) is 14.3. The van der Waals surface area contributed by atoms with Gasteiger partial charge >= 0.3 is 5.97 Å². The highest BCUT2D eigenvalue weighted by Crippen LogP contribution is 2.15. The lowest BCUT2D eigenvalue weighted by atomic mass is 10.2. The van der Waals surface area contributed by atoms with Crippen molar-refractivity contribution in [2.45, 2.75) is 38.0 Å². The van der Waals surface area contributed by atoms with E-state index in [9.17, 15) is 4.79 Å². The number of nitrogens with two attached hydrogens (primary N) is 1. The molecule has 0 bridgehead atoms. The van der Waals surface area contributed by atoms with E-state index in [2.05, 4.69) is 6.07 Å². The summed E-state index contributed by atoms with van der Waals surface area (Å²) in [5, 5.41) is 8.69. The van der Waals surface area contributed by atoms with Gasteiger partial charge in [-0.05, 0) is 25.5 Å². The number of nitrogens with zero attached hydrogens (tertiary/aromatic N) is 1. The number of nitriles is 1. The number of thioether (sulfide) groups is 1. The zero-order valence-corrected chi connectivity index (χ0v) is 10.0. The van der Waals surface area contributed by atoms with Crippen molar-refractivity contribution >= 4 is 17.7 Å². The summed E-state index contributed by atoms with van der Waals surface area (Å²) in [5.74, 6) is 0.356. The molecule has 0 spiro atoms. The van der Waals surface area contributed by atoms with Gasteiger partial charge in [0, 0.05) is 0 Å². The van der Waals surface area contributed by atoms with Crippen molar-refractivity contribution < 1.29 is 9.53 Å². The van der Waals surface area contributed by atoms with Crippen molar-refractivity contribution in [1.82, 2.24) is 0 Å². The fourth-order valence-corrected chi connectivity index (χ4v) is 1.94. The molecule has 0 fully saturated rings. The monoisotopic (exact) mass is 230 g/mol. The average molecular weight is 230 g/mol. The smallest absolute Gasteiger partial charge is 0.322 e. The molecule has 0 aliphatic rings. The number of hydrogen-bond acceptors (Lipinski definition) is 5. The minimum Gasteiger partial charge on any atom is -0.465 e. The predicted molar refractivity (Wildman–Crippen MR) is 61.4 cm³/mol. The molecule has 0 aromatic carbocycles. The lowest BCUT2D eigenvalue weighted by molar-refractivity contribution is -0.144. The van der Waals surface area contributed by atoms with Crippen LogP contribution in [0, 0.1) is 11.3 Å². The van der Waals surface area contributed by atoms with Crippen molar-refractivity contribution in [3.63, 3.8) is 0 Å². The first-order chi connectivity index (χ1) is 7.15. The summed E-state index contributed by atoms with van der Waals surface area (Å²) < 4.78 is 4.78. The van der Waals surface area contributed by atoms with Crippen LogP contribution in [0.25, 0.3) is 0 Å². The van der Waals surface area contributed by atoms with Crippen LogP contribution in [0.4, 0.5) is 0 Å². The minimum atomic E-state index is -0.561. The van der Waals surface area contributed by atoms with Crippen LogP contribution < -0.4 is 5.73 Å². The van der Waals surface area contributed by atoms with Gasteiger partial charge in [0.05, 0.1) is 17.9 Å². The Morgan fingerprint density at radius 1 is 1.60 bits per heavy atom. The SMILES string of the molecule is CCOC(=O)C(N)CCSC(C#N)CC. The van der Waals surface area contributed by atoms with Gasteiger partial charge < -0.3 is 10.5 Å². The van der Waals surface area contributed by atoms with Crippen molar-refractivity contribution in [3.05, 3.63) is 0 Å². The van der Waals surface area contributed by atoms with E-state index in [4.69, 9.17) is 15.7 Å². The maximum Gasteiger partial charge on any atom is 0.322 e. The van der Waals surface area contributed by atoms with E-state index in [0.717, 1.165) is 6.42 Å². The maximum absolute atomic E-state index is 11.1. The third-order valence-corrected chi connectivity index (χ3v) is 3.16. The Labute approximate surface area is 95.2 Å². The van der Waals surface area contributed by atoms with Gasteiger partial charge in [-0.1, -0.05) is 6.92 Å². The number of hydrogen-bond donors (Lipinski definition) is 1. The minimum absolute atomic E-state index is 0.000560. The summed E-state index contributed by atoms with van der Waals surface area (Å²) >= 11 is 1.54. The van der Waals surface area contributed by atoms with Crippen LogP contribution in [-0.4, -0.2) is 29.6 Å². The number of carbonyl (C=O) groups is 1. The second-order valence-electron chi connectivity index (χ2n) is 3.04. The van der Waals surface area contributed by atoms with Crippen LogP contribution in [0.3, 0.4) is 0 Å². The van der Waals surface area contributed by atoms with E-state index in [1.165, 1.54) is 11.8 Å². The van der Waals surface area contributed by atoms with E-state index in [-0.39, 0.29) is 11.2 Å². The van der Waals surface area contributed by atoms with Crippen molar-refractivity contribution in [3.8, 4) is 6.07 Å². The molecule has 2 N–H and O–H groups in total. The Bertz CT molecular complexity index is 228. The van der Waals surface area contributed by atoms with Gasteiger partial charge in [0.15, 0.2) is 0 Å². The molecule has 0 rings (SSSR count). The molecular weight excluding hydrogens is 212 g/mol. The maximum atomic E-state index is 11.1. The molecule has 15 heavy (non-hydrogen) atoms. The molecule has 0 aliphatic carbocycles. The van der Waals surface area contributed by atoms with Gasteiger partial charge in [-0.2, -0.15) is 5.26 Å². The van der Waals surface area contributed by atoms with Gasteiger partial charge in [-0.25, -0.2) is 0 Å². The largest absolute Gasteiger partial charge is 0.465 e. The van der Waals surface area contributed by atoms with Crippen LogP contribution in [0.2, 0.25) is 0 Å². The van der Waals surface area contributed by atoms with Crippen LogP contribution >= 0.6 is 11.8 Å². The van der Waals surface area contributed by atoms with Crippen LogP contribution in [0.1, 0.15) is 26.7 Å². The Kier molecular flexibility index (Phi) is 8.15. The van der Waals surface area contributed by atoms with E-state index in [0.29, 0.717) is 18.8 Å². The van der Waals surface area contributed by atoms with Gasteiger partial charge in [-0.3, -0.25) is 4.79 Å². The Morgan fingerprint density at radius 2 is 2.27 bits per heavy atom. The first-order valence-electron chi connectivity index (χ1n) is 5.09. The molecule has 2 unspecified atom stereocenters. The number of rotatable bonds is 7. The highest BCUT2D eigenvalue weighted by atomic mass is 32.2. The summed E-state index contributed by atoms with van der Waals surface area (Å²) in [6, 6.07) is 1.62. The molecule has 5 heteroatoms. The Hall–Kier alpha value is -0.730. The second-order valence-corrected chi connectivity index (χ2v) is 4.35. The van der Waals surface area contributed by atoms with Crippen LogP contribution in [0.5, 0.6) is 0 Å². The third kappa shape index (κ3) is 6.37. The molecule has 86 valence electrons. The van der Waals surface area contributed by atoms with Gasteiger partial charge in [0.2, 0.25) is 0 Å². The molecule has 4 nitrogen and oxygen atoms in total. The summed E-state index contributed by atoms with van der Waals surface area (Å²) in [4.78, 5) is 11.1. The molecule has 0 saturated heterocycles. The standard InChI is InChI=1S/C10H18N2O2S/c1-3-8(7-11)15-6-5-9(12)10(13)14-4-2/h8-9H,3-6,12H2,1-2H3. The quantitative estimate of drug-likeness (QED) is 0.667. The lowest BCUT2D eigenvalue weighted by Crippen LogP contribution is -2.32. The highest BCUT2D eigenvalue weighted by molar-refractivity contribution is 8.00. The number of carbonyl (C=O) groups excluding carboxylic acids is 1. The Morgan fingerprint density at radius 3 is 2.73 bits per heavy atom. The van der Waals surface area contributed by atoms with Crippen molar-refractivity contribution in [2.24, 2.45) is 5.73 Å². The fraction of sp³-hybridized carbons (Fsp3) is 0.800. The van der Waals surface area contributed by atoms with Gasteiger partial charge in [-0.15, -0.1) is 11.8 Å². The van der Waals surface area contributed by atoms with Crippen LogP contribution in [0.15, 0.2) is 0 Å². The van der Waals surface area contributed by atoms with Crippen molar-refractivity contribution in [1.29, 1.82) is 5.26 Å². The summed E-state index contributed by atoms with van der Waals surface area (Å²) in [6.45, 7) is 4.07. The summed E-state index contributed by atoms with van der Waals surface area (Å²) in [6.07, 6.45) is 1.37. The van der Waals surface area contributed by atoms with Crippen molar-refractivity contribution in [2.75, 3.05) is 12.4 Å². The van der Waals surface area contributed by atoms with E-state index in [1.807, 2.05) is 6.92 Å². The summed E-state index contributed by atoms with van der Waals surface area (Å²) in [5.41, 5.74) is 5.60. The normalized spacial score (nSPS) is 14.0. The molecule has 0 saturated carbocycles. The highest BCUT2D eigenvalue weighted by Gasteiger charge is 2.14. The average Bonchev–Trinajstić information content (AvgIpc) is 2.24. The topological polar surface area (TPSA) is 76.1 Å². The Balaban J connectivity index is 3.67. The number of ether oxygens (including phenoxy) is 1. The van der Waals surface area contributed by atoms with Gasteiger partial charge in [0.1, 0.15) is 6.04 Å². The van der Waals surface area contributed by atoms with E-state index in [1.54, 1.807) is 6.92 Å². The third-order valence-electron chi connectivity index (χ3n) is 1.85. The number of esters is 1. The molecule has 0 aromatic rings. The zero-order valence-electron chi connectivity index (χ0n) is 9.23. The predicted octanol–water partition coefficient (Wildman–Crippen LogP) is 1.30. The molecule has 0 aromatic heterocycles. The molecule has 0 aliphatic heterocycles. The first-order valence-corrected chi connectivity index (χ1v) is 6.14. The van der Waals surface area contributed by atoms with E-state index < -0.39 is 6.04 Å². The van der Waals surface area contributed by atoms with Gasteiger partial charge in [0.25, 0.3) is 0 Å². The van der Waals surface area contributed by atoms with Crippen LogP contribution in [-0.2, 0) is 9.53 Å². The molecule has 2 atom stereocenters. The lowest BCUT2D eigenvalue weighted by Gasteiger charge is -2.11.